The second kappa shape index (κ2) is 4.98. The monoisotopic (exact) mass is 288 g/mol. The van der Waals surface area contributed by atoms with Crippen LogP contribution in [0.25, 0.3) is 10.9 Å². The molecule has 100 valence electrons. The zero-order valence-corrected chi connectivity index (χ0v) is 11.1. The van der Waals surface area contributed by atoms with Gasteiger partial charge in [0.1, 0.15) is 17.3 Å². The van der Waals surface area contributed by atoms with Crippen molar-refractivity contribution in [2.75, 3.05) is 5.73 Å². The molecule has 0 saturated heterocycles. The summed E-state index contributed by atoms with van der Waals surface area (Å²) in [5.41, 5.74) is 7.08. The molecule has 1 aromatic heterocycles. The van der Waals surface area contributed by atoms with Crippen molar-refractivity contribution in [1.29, 1.82) is 0 Å². The number of pyridine rings is 1. The minimum absolute atomic E-state index is 0.0566. The highest BCUT2D eigenvalue weighted by Crippen LogP contribution is 2.32. The summed E-state index contributed by atoms with van der Waals surface area (Å²) >= 11 is 5.64. The Morgan fingerprint density at radius 2 is 2.00 bits per heavy atom. The van der Waals surface area contributed by atoms with Gasteiger partial charge in [-0.3, -0.25) is 4.98 Å². The summed E-state index contributed by atoms with van der Waals surface area (Å²) in [6.45, 7) is 0. The van der Waals surface area contributed by atoms with Gasteiger partial charge in [0, 0.05) is 17.6 Å². The van der Waals surface area contributed by atoms with Crippen molar-refractivity contribution in [3.05, 3.63) is 59.5 Å². The van der Waals surface area contributed by atoms with Gasteiger partial charge in [-0.2, -0.15) is 0 Å². The topological polar surface area (TPSA) is 48.1 Å². The Morgan fingerprint density at radius 3 is 2.80 bits per heavy atom. The molecule has 0 fully saturated rings. The number of halogens is 2. The van der Waals surface area contributed by atoms with Crippen molar-refractivity contribution in [2.24, 2.45) is 0 Å². The maximum absolute atomic E-state index is 13.4. The number of nitrogen functional groups attached to an aromatic ring is 1. The van der Waals surface area contributed by atoms with Crippen molar-refractivity contribution in [1.82, 2.24) is 4.98 Å². The van der Waals surface area contributed by atoms with Gasteiger partial charge in [-0.05, 0) is 36.4 Å². The molecule has 5 heteroatoms. The lowest BCUT2D eigenvalue weighted by Gasteiger charge is -2.10. The van der Waals surface area contributed by atoms with E-state index in [4.69, 9.17) is 22.1 Å². The summed E-state index contributed by atoms with van der Waals surface area (Å²) < 4.78 is 19.1. The number of fused-ring (bicyclic) bond motifs is 1. The molecule has 0 atom stereocenters. The number of benzene rings is 2. The van der Waals surface area contributed by atoms with Crippen molar-refractivity contribution in [3.8, 4) is 11.5 Å². The Labute approximate surface area is 119 Å². The first-order chi connectivity index (χ1) is 9.65. The quantitative estimate of drug-likeness (QED) is 0.711. The lowest BCUT2D eigenvalue weighted by atomic mass is 10.1. The van der Waals surface area contributed by atoms with Gasteiger partial charge in [0.05, 0.1) is 16.2 Å². The van der Waals surface area contributed by atoms with Crippen LogP contribution in [-0.2, 0) is 0 Å². The number of nitrogens with two attached hydrogens (primary N) is 1. The molecular formula is C15H10ClFN2O. The van der Waals surface area contributed by atoms with Gasteiger partial charge in [0.25, 0.3) is 0 Å². The van der Waals surface area contributed by atoms with Crippen LogP contribution in [0.5, 0.6) is 11.5 Å². The summed E-state index contributed by atoms with van der Waals surface area (Å²) in [6.07, 6.45) is 1.66. The van der Waals surface area contributed by atoms with Crippen LogP contribution in [0.2, 0.25) is 5.02 Å². The van der Waals surface area contributed by atoms with Gasteiger partial charge in [0.15, 0.2) is 0 Å². The minimum atomic E-state index is -0.526. The fraction of sp³-hybridized carbons (Fsp3) is 0. The molecule has 0 spiro atoms. The van der Waals surface area contributed by atoms with Crippen LogP contribution in [0, 0.1) is 5.82 Å². The van der Waals surface area contributed by atoms with Gasteiger partial charge in [0.2, 0.25) is 0 Å². The highest BCUT2D eigenvalue weighted by atomic mass is 35.5. The van der Waals surface area contributed by atoms with E-state index >= 15 is 0 Å². The summed E-state index contributed by atoms with van der Waals surface area (Å²) in [4.78, 5) is 4.21. The zero-order chi connectivity index (χ0) is 14.1. The molecule has 3 nitrogen and oxygen atoms in total. The molecule has 0 bridgehead atoms. The van der Waals surface area contributed by atoms with E-state index in [9.17, 15) is 4.39 Å². The Kier molecular flexibility index (Phi) is 3.16. The van der Waals surface area contributed by atoms with Gasteiger partial charge in [-0.25, -0.2) is 4.39 Å². The molecule has 0 unspecified atom stereocenters. The molecule has 1 heterocycles. The van der Waals surface area contributed by atoms with Crippen molar-refractivity contribution in [2.45, 2.75) is 0 Å². The molecule has 3 aromatic rings. The molecule has 0 radical (unpaired) electrons. The average molecular weight is 289 g/mol. The van der Waals surface area contributed by atoms with Gasteiger partial charge in [-0.15, -0.1) is 0 Å². The van der Waals surface area contributed by atoms with E-state index < -0.39 is 5.82 Å². The normalized spacial score (nSPS) is 10.7. The second-order valence-electron chi connectivity index (χ2n) is 4.23. The fourth-order valence-electron chi connectivity index (χ4n) is 1.92. The summed E-state index contributed by atoms with van der Waals surface area (Å²) in [5.74, 6) is 0.396. The summed E-state index contributed by atoms with van der Waals surface area (Å²) in [6, 6.07) is 11.4. The third-order valence-corrected chi connectivity index (χ3v) is 3.19. The van der Waals surface area contributed by atoms with Crippen LogP contribution in [0.1, 0.15) is 0 Å². The van der Waals surface area contributed by atoms with Crippen LogP contribution in [0.4, 0.5) is 10.1 Å². The number of hydrogen-bond acceptors (Lipinski definition) is 3. The van der Waals surface area contributed by atoms with E-state index in [0.717, 1.165) is 5.39 Å². The van der Waals surface area contributed by atoms with Crippen LogP contribution in [-0.4, -0.2) is 4.98 Å². The lowest BCUT2D eigenvalue weighted by molar-refractivity contribution is 0.482. The predicted molar refractivity (Wildman–Crippen MR) is 77.6 cm³/mol. The van der Waals surface area contributed by atoms with E-state index in [2.05, 4.69) is 4.98 Å². The molecule has 0 saturated carbocycles. The first kappa shape index (κ1) is 12.7. The number of nitrogens with zero attached hydrogens (tertiary/aromatic N) is 1. The van der Waals surface area contributed by atoms with E-state index in [0.29, 0.717) is 22.7 Å². The van der Waals surface area contributed by atoms with Gasteiger partial charge >= 0.3 is 0 Å². The number of aromatic nitrogens is 1. The minimum Gasteiger partial charge on any atom is -0.457 e. The molecule has 0 amide bonds. The second-order valence-corrected chi connectivity index (χ2v) is 4.64. The molecule has 2 aromatic carbocycles. The molecule has 2 N–H and O–H groups in total. The Hall–Kier alpha value is -2.33. The third-order valence-electron chi connectivity index (χ3n) is 2.88. The largest absolute Gasteiger partial charge is 0.457 e. The smallest absolute Gasteiger partial charge is 0.145 e. The third kappa shape index (κ3) is 2.26. The average Bonchev–Trinajstić information content (AvgIpc) is 2.46. The van der Waals surface area contributed by atoms with Crippen LogP contribution in [0.3, 0.4) is 0 Å². The molecule has 20 heavy (non-hydrogen) atoms. The van der Waals surface area contributed by atoms with E-state index in [-0.39, 0.29) is 5.02 Å². The van der Waals surface area contributed by atoms with Crippen LogP contribution in [0.15, 0.2) is 48.7 Å². The zero-order valence-electron chi connectivity index (χ0n) is 10.3. The Morgan fingerprint density at radius 1 is 1.15 bits per heavy atom. The molecule has 0 aliphatic carbocycles. The number of anilines is 1. The number of hydrogen-bond donors (Lipinski definition) is 1. The number of ether oxygens (including phenoxy) is 1. The fourth-order valence-corrected chi connectivity index (χ4v) is 2.04. The van der Waals surface area contributed by atoms with Gasteiger partial charge < -0.3 is 10.5 Å². The summed E-state index contributed by atoms with van der Waals surface area (Å²) in [5, 5.41) is 0.823. The standard InChI is InChI=1S/C15H10ClFN2O/c16-11-4-3-9(8-12(11)17)20-14-6-5-13(18)15-10(14)2-1-7-19-15/h1-8H,18H2. The highest BCUT2D eigenvalue weighted by Gasteiger charge is 2.08. The molecule has 0 aliphatic rings. The lowest BCUT2D eigenvalue weighted by Crippen LogP contribution is -1.92. The molecular weight excluding hydrogens is 279 g/mol. The van der Waals surface area contributed by atoms with Crippen molar-refractivity contribution < 1.29 is 9.13 Å². The van der Waals surface area contributed by atoms with E-state index in [1.807, 2.05) is 6.07 Å². The highest BCUT2D eigenvalue weighted by molar-refractivity contribution is 6.30. The van der Waals surface area contributed by atoms with Gasteiger partial charge in [-0.1, -0.05) is 11.6 Å². The van der Waals surface area contributed by atoms with Crippen LogP contribution < -0.4 is 10.5 Å². The maximum Gasteiger partial charge on any atom is 0.145 e. The Balaban J connectivity index is 2.06. The number of rotatable bonds is 2. The first-order valence-corrected chi connectivity index (χ1v) is 6.29. The van der Waals surface area contributed by atoms with Crippen LogP contribution >= 0.6 is 11.6 Å². The first-order valence-electron chi connectivity index (χ1n) is 5.91. The Bertz CT molecular complexity index is 792. The van der Waals surface area contributed by atoms with E-state index in [1.165, 1.54) is 12.1 Å². The molecule has 3 rings (SSSR count). The van der Waals surface area contributed by atoms with E-state index in [1.54, 1.807) is 30.5 Å². The predicted octanol–water partition coefficient (Wildman–Crippen LogP) is 4.40. The van der Waals surface area contributed by atoms with Crippen molar-refractivity contribution in [3.63, 3.8) is 0 Å². The summed E-state index contributed by atoms with van der Waals surface area (Å²) in [7, 11) is 0. The maximum atomic E-state index is 13.4. The SMILES string of the molecule is Nc1ccc(Oc2ccc(Cl)c(F)c2)c2cccnc12. The van der Waals surface area contributed by atoms with Crippen molar-refractivity contribution >= 4 is 28.2 Å². The molecule has 0 aliphatic heterocycles.